The van der Waals surface area contributed by atoms with Gasteiger partial charge < -0.3 is 42.1 Å². The summed E-state index contributed by atoms with van der Waals surface area (Å²) in [6.07, 6.45) is -8.35. The van der Waals surface area contributed by atoms with Crippen molar-refractivity contribution in [1.82, 2.24) is 11.5 Å². The number of Topliss-reactive ketones (excluding diaryl/α,β-unsaturated/α-hetero) is 1. The summed E-state index contributed by atoms with van der Waals surface area (Å²) >= 11 is 0. The minimum atomic E-state index is -1.94. The molecule has 0 aromatic rings. The van der Waals surface area contributed by atoms with Crippen LogP contribution in [-0.2, 0) is 14.4 Å². The van der Waals surface area contributed by atoms with Crippen LogP contribution >= 0.6 is 0 Å². The van der Waals surface area contributed by atoms with Gasteiger partial charge in [-0.3, -0.25) is 9.59 Å². The standard InChI is InChI=1S/C11H19NO9.H3N/c1-4(14)12-8(5(15)2-6(16)11(20)21)10(19)9(18)7(17)3-13;/h5,7-10,13,15,17-19H,2-3H2,1H3,(H,12,14)(H,20,21);1H3/t5-,7+,8+,9+,10+;/m0./s1. The highest BCUT2D eigenvalue weighted by Crippen LogP contribution is 2.11. The molecule has 0 saturated heterocycles. The van der Waals surface area contributed by atoms with Crippen LogP contribution in [0.5, 0.6) is 0 Å². The molecule has 0 aliphatic carbocycles. The van der Waals surface area contributed by atoms with Gasteiger partial charge in [0.25, 0.3) is 0 Å². The van der Waals surface area contributed by atoms with Gasteiger partial charge in [-0.2, -0.15) is 0 Å². The van der Waals surface area contributed by atoms with Gasteiger partial charge in [-0.05, 0) is 0 Å². The fourth-order valence-corrected chi connectivity index (χ4v) is 1.60. The molecule has 0 saturated carbocycles. The second-order valence-electron chi connectivity index (χ2n) is 4.46. The van der Waals surface area contributed by atoms with E-state index in [-0.39, 0.29) is 6.15 Å². The number of nitrogens with one attached hydrogen (secondary N) is 1. The van der Waals surface area contributed by atoms with Crippen LogP contribution in [0.2, 0.25) is 0 Å². The van der Waals surface area contributed by atoms with E-state index in [9.17, 15) is 34.8 Å². The lowest BCUT2D eigenvalue weighted by Gasteiger charge is -2.32. The molecular weight excluding hydrogens is 304 g/mol. The lowest BCUT2D eigenvalue weighted by Crippen LogP contribution is -2.57. The van der Waals surface area contributed by atoms with Crippen LogP contribution < -0.4 is 11.5 Å². The van der Waals surface area contributed by atoms with E-state index >= 15 is 0 Å². The van der Waals surface area contributed by atoms with Crippen molar-refractivity contribution in [3.8, 4) is 0 Å². The van der Waals surface area contributed by atoms with E-state index in [1.165, 1.54) is 0 Å². The zero-order valence-corrected chi connectivity index (χ0v) is 11.9. The van der Waals surface area contributed by atoms with E-state index < -0.39 is 61.1 Å². The summed E-state index contributed by atoms with van der Waals surface area (Å²) in [4.78, 5) is 32.4. The average molecular weight is 326 g/mol. The van der Waals surface area contributed by atoms with Crippen molar-refractivity contribution in [2.45, 2.75) is 43.8 Å². The first-order valence-electron chi connectivity index (χ1n) is 5.98. The maximum Gasteiger partial charge on any atom is 0.372 e. The zero-order chi connectivity index (χ0) is 16.7. The predicted octanol–water partition coefficient (Wildman–Crippen LogP) is -3.87. The third-order valence-electron chi connectivity index (χ3n) is 2.72. The number of carboxylic acids is 1. The summed E-state index contributed by atoms with van der Waals surface area (Å²) < 4.78 is 0. The summed E-state index contributed by atoms with van der Waals surface area (Å²) in [5, 5.41) is 57.4. The molecule has 11 heteroatoms. The Morgan fingerprint density at radius 3 is 1.86 bits per heavy atom. The molecule has 0 aliphatic heterocycles. The third kappa shape index (κ3) is 6.89. The minimum Gasteiger partial charge on any atom is -0.475 e. The third-order valence-corrected chi connectivity index (χ3v) is 2.72. The monoisotopic (exact) mass is 326 g/mol. The molecule has 0 aromatic heterocycles. The Hall–Kier alpha value is -1.63. The minimum absolute atomic E-state index is 0. The number of carboxylic acid groups (broad SMARTS) is 1. The van der Waals surface area contributed by atoms with E-state index in [0.29, 0.717) is 0 Å². The number of carbonyl (C=O) groups excluding carboxylic acids is 2. The van der Waals surface area contributed by atoms with Crippen molar-refractivity contribution >= 4 is 17.7 Å². The summed E-state index contributed by atoms with van der Waals surface area (Å²) in [7, 11) is 0. The molecule has 0 fully saturated rings. The molecule has 0 spiro atoms. The van der Waals surface area contributed by atoms with Gasteiger partial charge in [0.05, 0.1) is 18.8 Å². The van der Waals surface area contributed by atoms with Gasteiger partial charge in [0, 0.05) is 13.3 Å². The highest BCUT2D eigenvalue weighted by molar-refractivity contribution is 6.32. The molecule has 0 unspecified atom stereocenters. The maximum absolute atomic E-state index is 11.0. The second-order valence-corrected chi connectivity index (χ2v) is 4.46. The number of hydrogen-bond donors (Lipinski definition) is 8. The molecule has 0 heterocycles. The number of amides is 1. The number of aliphatic carboxylic acids is 1. The van der Waals surface area contributed by atoms with Crippen molar-refractivity contribution in [2.24, 2.45) is 0 Å². The number of aliphatic hydroxyl groups is 5. The second kappa shape index (κ2) is 10.2. The lowest BCUT2D eigenvalue weighted by molar-refractivity contribution is -0.151. The average Bonchev–Trinajstić information content (AvgIpc) is 2.41. The molecule has 130 valence electrons. The summed E-state index contributed by atoms with van der Waals surface area (Å²) in [6, 6.07) is -1.61. The Bertz CT molecular complexity index is 390. The molecule has 10 N–H and O–H groups in total. The van der Waals surface area contributed by atoms with Crippen molar-refractivity contribution < 1.29 is 45.0 Å². The first-order valence-corrected chi connectivity index (χ1v) is 5.98. The molecule has 0 rings (SSSR count). The van der Waals surface area contributed by atoms with Crippen molar-refractivity contribution in [1.29, 1.82) is 0 Å². The highest BCUT2D eigenvalue weighted by atomic mass is 16.4. The van der Waals surface area contributed by atoms with E-state index in [4.69, 9.17) is 10.2 Å². The fraction of sp³-hybridized carbons (Fsp3) is 0.727. The maximum atomic E-state index is 11.0. The molecule has 11 nitrogen and oxygen atoms in total. The molecular formula is C11H22N2O9. The van der Waals surface area contributed by atoms with Crippen molar-refractivity contribution in [3.05, 3.63) is 0 Å². The van der Waals surface area contributed by atoms with E-state index in [2.05, 4.69) is 0 Å². The SMILES string of the molecule is CC(=O)N[C@@H]([C@@H](O)[C@H](O)[C@H](O)CO)[C@@H](O)CC(=O)C(=O)O.N. The number of rotatable bonds is 9. The van der Waals surface area contributed by atoms with Crippen molar-refractivity contribution in [2.75, 3.05) is 6.61 Å². The predicted molar refractivity (Wildman–Crippen MR) is 71.0 cm³/mol. The van der Waals surface area contributed by atoms with Gasteiger partial charge in [0.1, 0.15) is 18.3 Å². The van der Waals surface area contributed by atoms with Crippen LogP contribution in [0.15, 0.2) is 0 Å². The quantitative estimate of drug-likeness (QED) is 0.192. The number of ketones is 1. The van der Waals surface area contributed by atoms with Gasteiger partial charge >= 0.3 is 5.97 Å². The van der Waals surface area contributed by atoms with E-state index in [1.54, 1.807) is 0 Å². The highest BCUT2D eigenvalue weighted by Gasteiger charge is 2.37. The van der Waals surface area contributed by atoms with E-state index in [1.807, 2.05) is 5.32 Å². The Kier molecular flexibility index (Phi) is 10.5. The first kappa shape index (κ1) is 22.6. The Morgan fingerprint density at radius 1 is 1.00 bits per heavy atom. The van der Waals surface area contributed by atoms with Crippen molar-refractivity contribution in [3.63, 3.8) is 0 Å². The van der Waals surface area contributed by atoms with E-state index in [0.717, 1.165) is 6.92 Å². The molecule has 5 atom stereocenters. The largest absolute Gasteiger partial charge is 0.475 e. The molecule has 0 bridgehead atoms. The van der Waals surface area contributed by atoms with Crippen LogP contribution in [0.3, 0.4) is 0 Å². The summed E-state index contributed by atoms with van der Waals surface area (Å²) in [5.41, 5.74) is 0. The van der Waals surface area contributed by atoms with Crippen LogP contribution in [0.4, 0.5) is 0 Å². The molecule has 0 aromatic carbocycles. The van der Waals surface area contributed by atoms with Crippen LogP contribution in [-0.4, -0.2) is 85.4 Å². The first-order chi connectivity index (χ1) is 9.61. The normalized spacial score (nSPS) is 17.4. The lowest BCUT2D eigenvalue weighted by atomic mass is 9.94. The number of carbonyl (C=O) groups is 3. The van der Waals surface area contributed by atoms with Crippen LogP contribution in [0, 0.1) is 0 Å². The van der Waals surface area contributed by atoms with Gasteiger partial charge in [0.15, 0.2) is 0 Å². The topological polar surface area (TPSA) is 220 Å². The smallest absolute Gasteiger partial charge is 0.372 e. The Balaban J connectivity index is 0. The van der Waals surface area contributed by atoms with Crippen LogP contribution in [0.1, 0.15) is 13.3 Å². The van der Waals surface area contributed by atoms with Crippen LogP contribution in [0.25, 0.3) is 0 Å². The Labute approximate surface area is 125 Å². The van der Waals surface area contributed by atoms with Gasteiger partial charge in [-0.25, -0.2) is 4.79 Å². The number of hydrogen-bond acceptors (Lipinski definition) is 9. The van der Waals surface area contributed by atoms with Gasteiger partial charge in [-0.15, -0.1) is 0 Å². The summed E-state index contributed by atoms with van der Waals surface area (Å²) in [5.74, 6) is -3.89. The zero-order valence-electron chi connectivity index (χ0n) is 11.9. The molecule has 0 radical (unpaired) electrons. The molecule has 0 aliphatic rings. The fourth-order valence-electron chi connectivity index (χ4n) is 1.60. The molecule has 1 amide bonds. The number of aliphatic hydroxyl groups excluding tert-OH is 5. The Morgan fingerprint density at radius 2 is 1.50 bits per heavy atom. The van der Waals surface area contributed by atoms with Gasteiger partial charge in [-0.1, -0.05) is 0 Å². The van der Waals surface area contributed by atoms with Gasteiger partial charge in [0.2, 0.25) is 11.7 Å². The molecule has 22 heavy (non-hydrogen) atoms. The summed E-state index contributed by atoms with van der Waals surface area (Å²) in [6.45, 7) is 0.134.